The maximum absolute atomic E-state index is 13.3. The standard InChI is InChI=1S/C46H60N14O17P2S/c1-25(2)36(55-31(62)7-5-4-6-16-58-32(63)12-13-33(58)64)43(66)53-26(3)42(65)54-28-10-8-27(9-11-28)19-80-79(70,71)72-18-30-29(17-35(74-30)60-24-52-38-41(60)56-45(48)57-44(38)67)76-77-78(68,69)73-21-46(20-61)15-14-34(75-46)59-23-51-37-39(47)49-22-50-40(37)59/h8-13,22-26,29-30,34-36,61,70-71H,4-7,14-21H2,1-3H3,(H8-,47,48,49,50,53,54,55,56,57,62,65,66,67,68,69)/p+1/t26-,29-,30+,34+,35+,36-,46+/m0/s1. The smallest absolute Gasteiger partial charge is 0.393 e. The van der Waals surface area contributed by atoms with E-state index in [4.69, 9.17) is 39.6 Å². The van der Waals surface area contributed by atoms with Crippen molar-refractivity contribution in [2.24, 2.45) is 5.92 Å². The van der Waals surface area contributed by atoms with Gasteiger partial charge in [-0.25, -0.2) is 29.4 Å². The first-order valence-corrected chi connectivity index (χ1v) is 29.8. The van der Waals surface area contributed by atoms with Crippen molar-refractivity contribution in [2.75, 3.05) is 43.1 Å². The summed E-state index contributed by atoms with van der Waals surface area (Å²) in [5, 5.41) is 18.5. The van der Waals surface area contributed by atoms with E-state index >= 15 is 0 Å². The van der Waals surface area contributed by atoms with E-state index in [1.54, 1.807) is 42.7 Å². The molecule has 0 radical (unpaired) electrons. The lowest BCUT2D eigenvalue weighted by Crippen LogP contribution is -2.53. The van der Waals surface area contributed by atoms with Crippen LogP contribution in [-0.4, -0.2) is 150 Å². The highest BCUT2D eigenvalue weighted by molar-refractivity contribution is 8.56. The fourth-order valence-electron chi connectivity index (χ4n) is 8.78. The molecule has 5 aromatic rings. The number of phosphoric ester groups is 1. The molecule has 0 spiro atoms. The predicted octanol–water partition coefficient (Wildman–Crippen LogP) is 1.57. The summed E-state index contributed by atoms with van der Waals surface area (Å²) in [6.45, 7) is 3.42. The van der Waals surface area contributed by atoms with E-state index in [9.17, 15) is 53.1 Å². The number of unbranched alkanes of at least 4 members (excludes halogenated alkanes) is 2. The number of imide groups is 1. The number of aromatic nitrogens is 8. The number of nitrogens with one attached hydrogen (secondary N) is 4. The first-order chi connectivity index (χ1) is 38.0. The number of rotatable bonds is 27. The summed E-state index contributed by atoms with van der Waals surface area (Å²) in [7, 11) is -9.34. The Kier molecular flexibility index (Phi) is 19.1. The number of ether oxygens (including phenoxy) is 2. The molecule has 12 N–H and O–H groups in total. The number of carbonyl (C=O) groups excluding carboxylic acids is 5. The number of aliphatic hydroxyl groups is 1. The number of aromatic amines is 1. The lowest BCUT2D eigenvalue weighted by Gasteiger charge is -2.28. The summed E-state index contributed by atoms with van der Waals surface area (Å²) in [6.07, 6.45) is 4.15. The van der Waals surface area contributed by atoms with Gasteiger partial charge in [-0.15, -0.1) is 4.67 Å². The van der Waals surface area contributed by atoms with Crippen LogP contribution in [0.3, 0.4) is 0 Å². The van der Waals surface area contributed by atoms with Gasteiger partial charge >= 0.3 is 15.0 Å². The van der Waals surface area contributed by atoms with Crippen molar-refractivity contribution < 1.29 is 76.4 Å². The Hall–Kier alpha value is -6.38. The minimum atomic E-state index is -5.10. The van der Waals surface area contributed by atoms with Crippen LogP contribution in [0.2, 0.25) is 0 Å². The highest BCUT2D eigenvalue weighted by Crippen LogP contribution is 2.65. The van der Waals surface area contributed by atoms with Crippen LogP contribution in [-0.2, 0) is 62.4 Å². The number of aliphatic hydroxyl groups excluding tert-OH is 1. The fraction of sp³-hybridized carbons (Fsp3) is 0.500. The second kappa shape index (κ2) is 25.6. The number of nitrogen functional groups attached to an aromatic ring is 2. The number of amides is 5. The van der Waals surface area contributed by atoms with Gasteiger partial charge in [0.15, 0.2) is 22.6 Å². The van der Waals surface area contributed by atoms with Crippen LogP contribution in [0.1, 0.15) is 83.7 Å². The number of carbonyl (C=O) groups is 5. The van der Waals surface area contributed by atoms with Gasteiger partial charge in [0, 0.05) is 37.2 Å². The topological polar surface area (TPSA) is 437 Å². The molecule has 3 aliphatic rings. The number of benzene rings is 1. The number of hydrogen-bond donors (Lipinski definition) is 10. The van der Waals surface area contributed by atoms with Crippen molar-refractivity contribution in [3.05, 3.63) is 71.3 Å². The van der Waals surface area contributed by atoms with Gasteiger partial charge in [-0.2, -0.15) is 19.3 Å². The first kappa shape index (κ1) is 59.7. The summed E-state index contributed by atoms with van der Waals surface area (Å²) in [5.41, 5.74) is 11.2. The van der Waals surface area contributed by atoms with Crippen molar-refractivity contribution in [1.29, 1.82) is 0 Å². The monoisotopic (exact) mass is 1180 g/mol. The SMILES string of the molecule is CC(C)[C@H](NC(=O)CCCCCN1C(=O)C=CC1=O)C(=O)N[C@@H](C)C(=O)Nc1ccc(CS[P+](O)(O)OC[C@H]2O[C@@H](n3cnc4c(=O)[nH]c(N)nc43)C[C@@H]2OOP(=O)(O)OC[C@]2(CO)CC[C@H](n3cnc4c(N)ncnc43)O2)cc1. The first-order valence-electron chi connectivity index (χ1n) is 25.1. The summed E-state index contributed by atoms with van der Waals surface area (Å²) < 4.78 is 44.4. The highest BCUT2D eigenvalue weighted by atomic mass is 32.7. The predicted molar refractivity (Wildman–Crippen MR) is 284 cm³/mol. The molecule has 31 nitrogen and oxygen atoms in total. The van der Waals surface area contributed by atoms with Gasteiger partial charge in [0.25, 0.3) is 17.4 Å². The third kappa shape index (κ3) is 14.7. The fourth-order valence-corrected chi connectivity index (χ4v) is 11.7. The second-order valence-corrected chi connectivity index (χ2v) is 24.7. The minimum Gasteiger partial charge on any atom is -0.393 e. The van der Waals surface area contributed by atoms with Crippen molar-refractivity contribution in [2.45, 2.75) is 114 Å². The second-order valence-electron chi connectivity index (χ2n) is 19.4. The molecule has 0 aliphatic carbocycles. The van der Waals surface area contributed by atoms with Gasteiger partial charge in [-0.1, -0.05) is 32.4 Å². The quantitative estimate of drug-likeness (QED) is 0.0117. The number of H-pyrrole nitrogens is 1. The molecule has 1 aromatic carbocycles. The molecule has 1 unspecified atom stereocenters. The Bertz CT molecular complexity index is 3200. The van der Waals surface area contributed by atoms with E-state index < -0.39 is 94.5 Å². The lowest BCUT2D eigenvalue weighted by atomic mass is 10.0. The van der Waals surface area contributed by atoms with Gasteiger partial charge in [0.05, 0.1) is 31.6 Å². The van der Waals surface area contributed by atoms with Gasteiger partial charge in [0.2, 0.25) is 23.7 Å². The molecule has 2 saturated heterocycles. The molecular formula is C46H61N14O17P2S+. The molecule has 80 heavy (non-hydrogen) atoms. The zero-order valence-electron chi connectivity index (χ0n) is 43.4. The largest absolute Gasteiger partial charge is 0.499 e. The number of fused-ring (bicyclic) bond motifs is 2. The summed E-state index contributed by atoms with van der Waals surface area (Å²) >= 11 is 0.660. The van der Waals surface area contributed by atoms with Gasteiger partial charge < -0.3 is 46.9 Å². The van der Waals surface area contributed by atoms with Crippen LogP contribution in [0.5, 0.6) is 0 Å². The average Bonchev–Trinajstić information content (AvgIpc) is 4.40. The third-order valence-corrected chi connectivity index (χ3v) is 16.9. The van der Waals surface area contributed by atoms with E-state index in [0.717, 1.165) is 4.90 Å². The van der Waals surface area contributed by atoms with Crippen molar-refractivity contribution in [3.8, 4) is 0 Å². The third-order valence-electron chi connectivity index (χ3n) is 13.1. The normalized spacial score (nSPS) is 21.9. The number of phosphoric acid groups is 1. The van der Waals surface area contributed by atoms with E-state index in [1.165, 1.54) is 42.6 Å². The number of imidazole rings is 2. The summed E-state index contributed by atoms with van der Waals surface area (Å²) in [4.78, 5) is 138. The van der Waals surface area contributed by atoms with Crippen molar-refractivity contribution in [1.82, 2.24) is 54.6 Å². The number of nitrogens with two attached hydrogens (primary N) is 2. The molecule has 4 aromatic heterocycles. The summed E-state index contributed by atoms with van der Waals surface area (Å²) in [5.74, 6) is -2.58. The van der Waals surface area contributed by atoms with Gasteiger partial charge in [-0.3, -0.25) is 52.3 Å². The Morgan fingerprint density at radius 2 is 1.66 bits per heavy atom. The Morgan fingerprint density at radius 1 is 0.950 bits per heavy atom. The average molecular weight is 1180 g/mol. The van der Waals surface area contributed by atoms with Crippen LogP contribution in [0.15, 0.2) is 60.2 Å². The van der Waals surface area contributed by atoms with Crippen LogP contribution >= 0.6 is 26.3 Å². The number of nitrogens with zero attached hydrogens (tertiary/aromatic N) is 8. The van der Waals surface area contributed by atoms with E-state index in [-0.39, 0.29) is 78.1 Å². The van der Waals surface area contributed by atoms with Crippen LogP contribution in [0, 0.1) is 5.92 Å². The molecule has 34 heteroatoms. The molecule has 8 rings (SSSR count). The molecular weight excluding hydrogens is 1110 g/mol. The zero-order valence-corrected chi connectivity index (χ0v) is 46.0. The van der Waals surface area contributed by atoms with Crippen LogP contribution in [0.25, 0.3) is 22.3 Å². The van der Waals surface area contributed by atoms with E-state index in [1.807, 2.05) is 0 Å². The number of anilines is 3. The molecule has 5 amide bonds. The molecule has 7 heterocycles. The van der Waals surface area contributed by atoms with E-state index in [0.29, 0.717) is 59.5 Å². The zero-order chi connectivity index (χ0) is 57.5. The van der Waals surface area contributed by atoms with Crippen molar-refractivity contribution in [3.63, 3.8) is 0 Å². The highest BCUT2D eigenvalue weighted by Gasteiger charge is 2.47. The maximum atomic E-state index is 13.3. The Labute approximate surface area is 459 Å². The van der Waals surface area contributed by atoms with Crippen LogP contribution in [0.4, 0.5) is 17.5 Å². The van der Waals surface area contributed by atoms with Crippen LogP contribution < -0.4 is 33.0 Å². The maximum Gasteiger partial charge on any atom is 0.499 e. The van der Waals surface area contributed by atoms with Crippen molar-refractivity contribution >= 4 is 95.7 Å². The molecule has 0 saturated carbocycles. The van der Waals surface area contributed by atoms with Gasteiger partial charge in [-0.05, 0) is 56.2 Å². The van der Waals surface area contributed by atoms with E-state index in [2.05, 4.69) is 45.9 Å². The molecule has 0 bridgehead atoms. The molecule has 8 atom stereocenters. The molecule has 2 fully saturated rings. The number of hydrogen-bond acceptors (Lipinski definition) is 24. The Morgan fingerprint density at radius 3 is 2.38 bits per heavy atom. The van der Waals surface area contributed by atoms with Gasteiger partial charge in [0.1, 0.15) is 72.2 Å². The molecule has 432 valence electrons. The summed E-state index contributed by atoms with van der Waals surface area (Å²) in [6, 6.07) is 4.43. The lowest BCUT2D eigenvalue weighted by molar-refractivity contribution is -0.271. The Balaban J connectivity index is 0.812. The minimum absolute atomic E-state index is 0.00863. The molecule has 3 aliphatic heterocycles.